The van der Waals surface area contributed by atoms with Crippen LogP contribution in [0.15, 0.2) is 31.0 Å². The molecule has 7 nitrogen and oxygen atoms in total. The number of imidazole rings is 1. The van der Waals surface area contributed by atoms with Crippen molar-refractivity contribution in [3.8, 4) is 0 Å². The zero-order valence-corrected chi connectivity index (χ0v) is 15.8. The van der Waals surface area contributed by atoms with E-state index < -0.39 is 0 Å². The van der Waals surface area contributed by atoms with Crippen molar-refractivity contribution in [2.45, 2.75) is 25.3 Å². The maximum Gasteiger partial charge on any atom is 0.211 e. The van der Waals surface area contributed by atoms with Crippen LogP contribution in [0.4, 0.5) is 5.95 Å². The SMILES string of the molecule is NC1c2nccnc2CC12CCN(c1ncc(I)c3nccn13)CC2. The van der Waals surface area contributed by atoms with E-state index >= 15 is 0 Å². The summed E-state index contributed by atoms with van der Waals surface area (Å²) in [5.41, 5.74) is 9.69. The Bertz CT molecular complexity index is 945. The summed E-state index contributed by atoms with van der Waals surface area (Å²) in [5.74, 6) is 0.961. The highest BCUT2D eigenvalue weighted by Gasteiger charge is 2.47. The summed E-state index contributed by atoms with van der Waals surface area (Å²) in [6, 6.07) is -0.0173. The van der Waals surface area contributed by atoms with Gasteiger partial charge in [0, 0.05) is 49.5 Å². The van der Waals surface area contributed by atoms with E-state index in [2.05, 4.69) is 51.8 Å². The highest BCUT2D eigenvalue weighted by atomic mass is 127. The van der Waals surface area contributed by atoms with Crippen LogP contribution in [0.3, 0.4) is 0 Å². The van der Waals surface area contributed by atoms with Gasteiger partial charge in [-0.3, -0.25) is 14.4 Å². The van der Waals surface area contributed by atoms with Crippen molar-refractivity contribution in [2.75, 3.05) is 18.0 Å². The predicted octanol–water partition coefficient (Wildman–Crippen LogP) is 1.97. The van der Waals surface area contributed by atoms with Gasteiger partial charge in [0.25, 0.3) is 0 Å². The summed E-state index contributed by atoms with van der Waals surface area (Å²) in [6.07, 6.45) is 12.2. The lowest BCUT2D eigenvalue weighted by Gasteiger charge is -2.42. The first kappa shape index (κ1) is 15.4. The molecule has 0 radical (unpaired) electrons. The third-order valence-electron chi connectivity index (χ3n) is 5.69. The average Bonchev–Trinajstić information content (AvgIpc) is 3.22. The van der Waals surface area contributed by atoms with Gasteiger partial charge in [-0.1, -0.05) is 0 Å². The number of nitrogens with two attached hydrogens (primary N) is 1. The van der Waals surface area contributed by atoms with Gasteiger partial charge in [0.1, 0.15) is 0 Å². The molecule has 1 fully saturated rings. The standard InChI is InChI=1S/C17H18IN7/c18-11-10-23-16(25-8-5-22-15(11)25)24-6-1-17(2-7-24)9-12-13(14(17)19)21-4-3-20-12/h3-5,8,10,14H,1-2,6-7,9,19H2. The number of aromatic nitrogens is 5. The summed E-state index contributed by atoms with van der Waals surface area (Å²) in [7, 11) is 0. The molecular formula is C17H18IN7. The second kappa shape index (κ2) is 5.60. The van der Waals surface area contributed by atoms with Gasteiger partial charge in [-0.15, -0.1) is 0 Å². The number of hydrogen-bond acceptors (Lipinski definition) is 6. The molecule has 1 aliphatic carbocycles. The number of anilines is 1. The summed E-state index contributed by atoms with van der Waals surface area (Å²) in [5, 5.41) is 0. The molecule has 0 bridgehead atoms. The largest absolute Gasteiger partial charge is 0.342 e. The van der Waals surface area contributed by atoms with E-state index in [-0.39, 0.29) is 11.5 Å². The minimum absolute atomic E-state index is 0.0173. The van der Waals surface area contributed by atoms with Gasteiger partial charge in [-0.25, -0.2) is 9.97 Å². The maximum atomic E-state index is 6.58. The van der Waals surface area contributed by atoms with E-state index in [1.54, 1.807) is 12.4 Å². The molecule has 3 aromatic heterocycles. The Balaban J connectivity index is 1.42. The van der Waals surface area contributed by atoms with Crippen LogP contribution in [-0.2, 0) is 6.42 Å². The van der Waals surface area contributed by atoms with Crippen molar-refractivity contribution < 1.29 is 0 Å². The van der Waals surface area contributed by atoms with Crippen molar-refractivity contribution in [1.29, 1.82) is 0 Å². The van der Waals surface area contributed by atoms with E-state index in [0.29, 0.717) is 0 Å². The van der Waals surface area contributed by atoms with Gasteiger partial charge < -0.3 is 10.6 Å². The summed E-state index contributed by atoms with van der Waals surface area (Å²) >= 11 is 2.28. The van der Waals surface area contributed by atoms with Crippen molar-refractivity contribution in [1.82, 2.24) is 24.3 Å². The summed E-state index contributed by atoms with van der Waals surface area (Å²) in [6.45, 7) is 1.87. The van der Waals surface area contributed by atoms with Crippen LogP contribution in [-0.4, -0.2) is 37.4 Å². The number of nitrogens with zero attached hydrogens (tertiary/aromatic N) is 6. The van der Waals surface area contributed by atoms with E-state index in [0.717, 1.165) is 58.9 Å². The first-order chi connectivity index (χ1) is 12.2. The fraction of sp³-hybridized carbons (Fsp3) is 0.412. The van der Waals surface area contributed by atoms with Gasteiger partial charge >= 0.3 is 0 Å². The van der Waals surface area contributed by atoms with Crippen LogP contribution < -0.4 is 10.6 Å². The van der Waals surface area contributed by atoms with Gasteiger partial charge in [-0.05, 0) is 41.9 Å². The molecule has 0 amide bonds. The monoisotopic (exact) mass is 447 g/mol. The van der Waals surface area contributed by atoms with Crippen molar-refractivity contribution in [3.05, 3.63) is 45.9 Å². The van der Waals surface area contributed by atoms with Crippen LogP contribution >= 0.6 is 22.6 Å². The van der Waals surface area contributed by atoms with E-state index in [4.69, 9.17) is 5.73 Å². The highest BCUT2D eigenvalue weighted by Crippen LogP contribution is 2.49. The maximum absolute atomic E-state index is 6.58. The number of rotatable bonds is 1. The molecule has 25 heavy (non-hydrogen) atoms. The lowest BCUT2D eigenvalue weighted by atomic mass is 9.73. The molecule has 1 atom stereocenters. The molecule has 5 rings (SSSR count). The fourth-order valence-corrected chi connectivity index (χ4v) is 4.80. The quantitative estimate of drug-likeness (QED) is 0.575. The number of fused-ring (bicyclic) bond motifs is 2. The third kappa shape index (κ3) is 2.27. The van der Waals surface area contributed by atoms with Crippen LogP contribution in [0.5, 0.6) is 0 Å². The second-order valence-corrected chi connectivity index (χ2v) is 8.08. The minimum Gasteiger partial charge on any atom is -0.342 e. The Morgan fingerprint density at radius 3 is 2.68 bits per heavy atom. The van der Waals surface area contributed by atoms with Crippen LogP contribution in [0.2, 0.25) is 0 Å². The zero-order chi connectivity index (χ0) is 17.0. The Morgan fingerprint density at radius 2 is 1.88 bits per heavy atom. The fourth-order valence-electron chi connectivity index (χ4n) is 4.26. The lowest BCUT2D eigenvalue weighted by Crippen LogP contribution is -2.45. The first-order valence-electron chi connectivity index (χ1n) is 8.46. The summed E-state index contributed by atoms with van der Waals surface area (Å²) in [4.78, 5) is 20.4. The van der Waals surface area contributed by atoms with Crippen LogP contribution in [0, 0.1) is 8.99 Å². The zero-order valence-electron chi connectivity index (χ0n) is 13.6. The average molecular weight is 447 g/mol. The van der Waals surface area contributed by atoms with Gasteiger partial charge in [0.05, 0.1) is 21.0 Å². The second-order valence-electron chi connectivity index (χ2n) is 6.92. The Morgan fingerprint density at radius 1 is 1.08 bits per heavy atom. The van der Waals surface area contributed by atoms with Crippen molar-refractivity contribution in [2.24, 2.45) is 11.1 Å². The first-order valence-corrected chi connectivity index (χ1v) is 9.54. The summed E-state index contributed by atoms with van der Waals surface area (Å²) < 4.78 is 3.14. The number of piperidine rings is 1. The number of halogens is 1. The third-order valence-corrected chi connectivity index (χ3v) is 6.45. The smallest absolute Gasteiger partial charge is 0.211 e. The molecule has 4 heterocycles. The van der Waals surface area contributed by atoms with E-state index in [1.807, 2.05) is 18.6 Å². The van der Waals surface area contributed by atoms with Gasteiger partial charge in [0.2, 0.25) is 5.95 Å². The molecule has 1 aliphatic heterocycles. The molecular weight excluding hydrogens is 429 g/mol. The van der Waals surface area contributed by atoms with E-state index in [9.17, 15) is 0 Å². The molecule has 8 heteroatoms. The molecule has 2 aliphatic rings. The normalized spacial score (nSPS) is 21.8. The predicted molar refractivity (Wildman–Crippen MR) is 102 cm³/mol. The van der Waals surface area contributed by atoms with Crippen LogP contribution in [0.1, 0.15) is 30.3 Å². The van der Waals surface area contributed by atoms with Crippen molar-refractivity contribution >= 4 is 34.2 Å². The molecule has 0 aromatic carbocycles. The Kier molecular flexibility index (Phi) is 3.46. The van der Waals surface area contributed by atoms with Crippen LogP contribution in [0.25, 0.3) is 5.65 Å². The molecule has 3 aromatic rings. The van der Waals surface area contributed by atoms with Gasteiger partial charge in [0.15, 0.2) is 5.65 Å². The Hall–Kier alpha value is -1.81. The molecule has 0 saturated carbocycles. The highest BCUT2D eigenvalue weighted by molar-refractivity contribution is 14.1. The van der Waals surface area contributed by atoms with Crippen molar-refractivity contribution in [3.63, 3.8) is 0 Å². The molecule has 2 N–H and O–H groups in total. The molecule has 128 valence electrons. The van der Waals surface area contributed by atoms with E-state index in [1.165, 1.54) is 0 Å². The minimum atomic E-state index is -0.0173. The van der Waals surface area contributed by atoms with Gasteiger partial charge in [-0.2, -0.15) is 0 Å². The topological polar surface area (TPSA) is 85.2 Å². The Labute approximate surface area is 158 Å². The lowest BCUT2D eigenvalue weighted by molar-refractivity contribution is 0.184. The molecule has 1 unspecified atom stereocenters. The molecule has 1 saturated heterocycles. The number of hydrogen-bond donors (Lipinski definition) is 1. The molecule has 1 spiro atoms.